The first-order valence-corrected chi connectivity index (χ1v) is 10.3. The molecule has 1 aliphatic carbocycles. The quantitative estimate of drug-likeness (QED) is 0.669. The van der Waals surface area contributed by atoms with Gasteiger partial charge in [-0.3, -0.25) is 14.9 Å². The van der Waals surface area contributed by atoms with E-state index in [-0.39, 0.29) is 23.1 Å². The van der Waals surface area contributed by atoms with E-state index in [0.29, 0.717) is 11.8 Å². The van der Waals surface area contributed by atoms with Gasteiger partial charge in [-0.2, -0.15) is 0 Å². The zero-order chi connectivity index (χ0) is 18.5. The summed E-state index contributed by atoms with van der Waals surface area (Å²) in [6, 6.07) is 0. The minimum absolute atomic E-state index is 0.00603. The molecule has 144 valence electrons. The molecule has 1 atom stereocenters. The molecule has 0 radical (unpaired) electrons. The Balaban J connectivity index is 2.11. The molecule has 1 spiro atoms. The topological polar surface area (TPSA) is 49.4 Å². The van der Waals surface area contributed by atoms with Gasteiger partial charge in [0.15, 0.2) is 0 Å². The maximum atomic E-state index is 12.6. The van der Waals surface area contributed by atoms with E-state index in [2.05, 4.69) is 38.2 Å². The van der Waals surface area contributed by atoms with Crippen LogP contribution in [0.15, 0.2) is 0 Å². The summed E-state index contributed by atoms with van der Waals surface area (Å²) in [5.74, 6) is -0.0350. The van der Waals surface area contributed by atoms with Crippen molar-refractivity contribution in [3.05, 3.63) is 0 Å². The summed E-state index contributed by atoms with van der Waals surface area (Å²) in [4.78, 5) is 26.9. The molecule has 25 heavy (non-hydrogen) atoms. The molecule has 2 rings (SSSR count). The number of carbonyl (C=O) groups excluding carboxylic acids is 2. The molecule has 0 bridgehead atoms. The summed E-state index contributed by atoms with van der Waals surface area (Å²) in [5, 5.41) is 2.62. The molecule has 1 saturated heterocycles. The standard InChI is InChI=1S/C21H38N2O2/c1-5-9-20(10-6-2)11-13-21(14-12-20)16-18(24)22-19(25)17(21)8-7-15-23(3)4/h17H,5-16H2,1-4H3,(H,22,24,25). The Morgan fingerprint density at radius 2 is 1.64 bits per heavy atom. The predicted octanol–water partition coefficient (Wildman–Crippen LogP) is 4.14. The van der Waals surface area contributed by atoms with E-state index >= 15 is 0 Å². The minimum atomic E-state index is -0.0727. The van der Waals surface area contributed by atoms with Crippen LogP contribution in [0.25, 0.3) is 0 Å². The number of piperidine rings is 1. The molecule has 1 heterocycles. The summed E-state index contributed by atoms with van der Waals surface area (Å²) >= 11 is 0. The van der Waals surface area contributed by atoms with E-state index in [0.717, 1.165) is 32.2 Å². The van der Waals surface area contributed by atoms with Crippen molar-refractivity contribution in [2.45, 2.75) is 84.5 Å². The maximum Gasteiger partial charge on any atom is 0.230 e. The molecule has 0 aromatic carbocycles. The van der Waals surface area contributed by atoms with E-state index in [9.17, 15) is 9.59 Å². The molecule has 2 aliphatic rings. The van der Waals surface area contributed by atoms with Crippen molar-refractivity contribution >= 4 is 11.8 Å². The molecule has 4 heteroatoms. The minimum Gasteiger partial charge on any atom is -0.309 e. The lowest BCUT2D eigenvalue weighted by atomic mass is 9.54. The molecule has 2 amide bonds. The van der Waals surface area contributed by atoms with Gasteiger partial charge < -0.3 is 4.90 Å². The lowest BCUT2D eigenvalue weighted by Crippen LogP contribution is -2.54. The summed E-state index contributed by atoms with van der Waals surface area (Å²) < 4.78 is 0. The Kier molecular flexibility index (Phi) is 7.07. The summed E-state index contributed by atoms with van der Waals surface area (Å²) in [6.07, 6.45) is 12.0. The van der Waals surface area contributed by atoms with Gasteiger partial charge in [-0.25, -0.2) is 0 Å². The number of hydrogen-bond acceptors (Lipinski definition) is 3. The van der Waals surface area contributed by atoms with Gasteiger partial charge in [0.05, 0.1) is 0 Å². The van der Waals surface area contributed by atoms with Crippen LogP contribution in [-0.2, 0) is 9.59 Å². The number of imide groups is 1. The van der Waals surface area contributed by atoms with E-state index in [1.807, 2.05) is 0 Å². The zero-order valence-electron chi connectivity index (χ0n) is 16.8. The first-order chi connectivity index (χ1) is 11.9. The highest BCUT2D eigenvalue weighted by Crippen LogP contribution is 2.56. The fraction of sp³-hybridized carbons (Fsp3) is 0.905. The van der Waals surface area contributed by atoms with Crippen LogP contribution in [0.4, 0.5) is 0 Å². The molecular formula is C21H38N2O2. The molecule has 1 unspecified atom stereocenters. The highest BCUT2D eigenvalue weighted by molar-refractivity contribution is 5.99. The average Bonchev–Trinajstić information content (AvgIpc) is 2.53. The number of rotatable bonds is 8. The van der Waals surface area contributed by atoms with Crippen molar-refractivity contribution in [2.75, 3.05) is 20.6 Å². The molecule has 4 nitrogen and oxygen atoms in total. The van der Waals surface area contributed by atoms with E-state index in [1.165, 1.54) is 38.5 Å². The second-order valence-electron chi connectivity index (χ2n) is 8.95. The zero-order valence-corrected chi connectivity index (χ0v) is 16.8. The molecule has 0 aromatic heterocycles. The smallest absolute Gasteiger partial charge is 0.230 e. The lowest BCUT2D eigenvalue weighted by molar-refractivity contribution is -0.147. The van der Waals surface area contributed by atoms with Gasteiger partial charge in [0.25, 0.3) is 0 Å². The van der Waals surface area contributed by atoms with Crippen LogP contribution in [0, 0.1) is 16.7 Å². The Labute approximate surface area is 154 Å². The summed E-state index contributed by atoms with van der Waals surface area (Å²) in [5.41, 5.74) is 0.386. The number of carbonyl (C=O) groups is 2. The number of hydrogen-bond donors (Lipinski definition) is 1. The van der Waals surface area contributed by atoms with E-state index < -0.39 is 0 Å². The van der Waals surface area contributed by atoms with Crippen molar-refractivity contribution in [1.82, 2.24) is 10.2 Å². The van der Waals surface area contributed by atoms with Crippen molar-refractivity contribution in [1.29, 1.82) is 0 Å². The van der Waals surface area contributed by atoms with Crippen LogP contribution in [0.1, 0.15) is 84.5 Å². The molecule has 0 aromatic rings. The normalized spacial score (nSPS) is 25.4. The third-order valence-electron chi connectivity index (χ3n) is 6.80. The SMILES string of the molecule is CCCC1(CCC)CCC2(CC1)CC(=O)NC(=O)C2CCCN(C)C. The fourth-order valence-electron chi connectivity index (χ4n) is 5.53. The van der Waals surface area contributed by atoms with Crippen molar-refractivity contribution < 1.29 is 9.59 Å². The van der Waals surface area contributed by atoms with Crippen LogP contribution in [0.3, 0.4) is 0 Å². The van der Waals surface area contributed by atoms with Gasteiger partial charge in [-0.05, 0) is 82.8 Å². The second-order valence-corrected chi connectivity index (χ2v) is 8.95. The highest BCUT2D eigenvalue weighted by Gasteiger charge is 2.51. The maximum absolute atomic E-state index is 12.6. The first kappa shape index (κ1) is 20.4. The molecule has 2 fully saturated rings. The Bertz CT molecular complexity index is 457. The van der Waals surface area contributed by atoms with Gasteiger partial charge in [0, 0.05) is 12.3 Å². The van der Waals surface area contributed by atoms with Crippen molar-refractivity contribution in [3.63, 3.8) is 0 Å². The lowest BCUT2D eigenvalue weighted by Gasteiger charge is -2.51. The number of nitrogens with zero attached hydrogens (tertiary/aromatic N) is 1. The molecule has 1 aliphatic heterocycles. The van der Waals surface area contributed by atoms with Gasteiger partial charge in [0.2, 0.25) is 11.8 Å². The van der Waals surface area contributed by atoms with E-state index in [1.54, 1.807) is 0 Å². The second kappa shape index (κ2) is 8.66. The van der Waals surface area contributed by atoms with Crippen molar-refractivity contribution in [3.8, 4) is 0 Å². The predicted molar refractivity (Wildman–Crippen MR) is 102 cm³/mol. The van der Waals surface area contributed by atoms with Gasteiger partial charge in [-0.15, -0.1) is 0 Å². The highest BCUT2D eigenvalue weighted by atomic mass is 16.2. The monoisotopic (exact) mass is 350 g/mol. The van der Waals surface area contributed by atoms with Crippen LogP contribution in [-0.4, -0.2) is 37.4 Å². The summed E-state index contributed by atoms with van der Waals surface area (Å²) in [7, 11) is 4.15. The average molecular weight is 351 g/mol. The number of nitrogens with one attached hydrogen (secondary N) is 1. The molecular weight excluding hydrogens is 312 g/mol. The Morgan fingerprint density at radius 1 is 1.04 bits per heavy atom. The Hall–Kier alpha value is -0.900. The molecule has 1 N–H and O–H groups in total. The third-order valence-corrected chi connectivity index (χ3v) is 6.80. The summed E-state index contributed by atoms with van der Waals surface area (Å²) in [6.45, 7) is 5.57. The van der Waals surface area contributed by atoms with Gasteiger partial charge in [-0.1, -0.05) is 26.7 Å². The van der Waals surface area contributed by atoms with Gasteiger partial charge >= 0.3 is 0 Å². The number of amides is 2. The van der Waals surface area contributed by atoms with Crippen LogP contribution >= 0.6 is 0 Å². The fourth-order valence-corrected chi connectivity index (χ4v) is 5.53. The largest absolute Gasteiger partial charge is 0.309 e. The Morgan fingerprint density at radius 3 is 2.16 bits per heavy atom. The van der Waals surface area contributed by atoms with Crippen molar-refractivity contribution in [2.24, 2.45) is 16.7 Å². The van der Waals surface area contributed by atoms with Crippen LogP contribution in [0.2, 0.25) is 0 Å². The molecule has 1 saturated carbocycles. The van der Waals surface area contributed by atoms with Gasteiger partial charge in [0.1, 0.15) is 0 Å². The third kappa shape index (κ3) is 4.84. The first-order valence-electron chi connectivity index (χ1n) is 10.3. The van der Waals surface area contributed by atoms with Crippen LogP contribution < -0.4 is 5.32 Å². The van der Waals surface area contributed by atoms with E-state index in [4.69, 9.17) is 0 Å². The van der Waals surface area contributed by atoms with Crippen LogP contribution in [0.5, 0.6) is 0 Å².